The van der Waals surface area contributed by atoms with Crippen LogP contribution in [0.2, 0.25) is 0 Å². The van der Waals surface area contributed by atoms with Gasteiger partial charge in [-0.3, -0.25) is 0 Å². The van der Waals surface area contributed by atoms with Crippen LogP contribution in [-0.2, 0) is 5.41 Å². The van der Waals surface area contributed by atoms with Crippen LogP contribution in [0.4, 0.5) is 0 Å². The zero-order valence-electron chi connectivity index (χ0n) is 26.1. The van der Waals surface area contributed by atoms with E-state index in [0.717, 1.165) is 38.9 Å². The monoisotopic (exact) mass is 602 g/mol. The number of fused-ring (bicyclic) bond motifs is 7. The maximum Gasteiger partial charge on any atom is 0.164 e. The molecule has 9 rings (SSSR count). The fourth-order valence-corrected chi connectivity index (χ4v) is 7.28. The largest absolute Gasteiger partial charge is 0.247 e. The summed E-state index contributed by atoms with van der Waals surface area (Å²) in [5, 5.41) is 3.59. The normalized spacial score (nSPS) is 13.1. The average Bonchev–Trinajstić information content (AvgIpc) is 3.38. The number of nitrogens with zero attached hydrogens (tertiary/aromatic N) is 4. The summed E-state index contributed by atoms with van der Waals surface area (Å²) in [6.45, 7) is 4.70. The van der Waals surface area contributed by atoms with Crippen molar-refractivity contribution in [2.75, 3.05) is 0 Å². The van der Waals surface area contributed by atoms with Gasteiger partial charge in [-0.1, -0.05) is 147 Å². The number of para-hydroxylation sites is 1. The van der Waals surface area contributed by atoms with Crippen LogP contribution in [0.3, 0.4) is 0 Å². The molecular formula is C43H30N4. The summed E-state index contributed by atoms with van der Waals surface area (Å²) >= 11 is 0. The Labute approximate surface area is 273 Å². The van der Waals surface area contributed by atoms with E-state index in [2.05, 4.69) is 98.8 Å². The standard InChI is InChI=1S/C43H30N4/c1-43(2)35-22-11-9-20-31(35)32-24-25-34-37(38(32)43)33-21-10-12-23-36(33)44-39(34)29-18-13-19-30(26-29)42-46-40(27-14-5-3-6-15-27)45-41(47-42)28-16-7-4-8-17-28/h3-26H,1-2H3. The van der Waals surface area contributed by atoms with Crippen LogP contribution in [0.1, 0.15) is 25.0 Å². The molecule has 2 heterocycles. The summed E-state index contributed by atoms with van der Waals surface area (Å²) in [6, 6.07) is 50.6. The molecule has 8 aromatic rings. The Kier molecular flexibility index (Phi) is 6.12. The van der Waals surface area contributed by atoms with Crippen LogP contribution < -0.4 is 0 Å². The zero-order valence-corrected chi connectivity index (χ0v) is 26.1. The Morgan fingerprint density at radius 2 is 1.00 bits per heavy atom. The lowest BCUT2D eigenvalue weighted by Gasteiger charge is -2.24. The van der Waals surface area contributed by atoms with Gasteiger partial charge in [0.15, 0.2) is 17.5 Å². The highest BCUT2D eigenvalue weighted by molar-refractivity contribution is 6.15. The zero-order chi connectivity index (χ0) is 31.5. The van der Waals surface area contributed by atoms with E-state index in [1.165, 1.54) is 33.0 Å². The van der Waals surface area contributed by atoms with Crippen LogP contribution in [0.5, 0.6) is 0 Å². The topological polar surface area (TPSA) is 51.6 Å². The van der Waals surface area contributed by atoms with E-state index < -0.39 is 0 Å². The summed E-state index contributed by atoms with van der Waals surface area (Å²) < 4.78 is 0. The molecule has 0 amide bonds. The van der Waals surface area contributed by atoms with E-state index in [1.54, 1.807) is 0 Å². The Morgan fingerprint density at radius 3 is 1.72 bits per heavy atom. The third-order valence-corrected chi connectivity index (χ3v) is 9.48. The van der Waals surface area contributed by atoms with Crippen molar-refractivity contribution in [3.8, 4) is 56.5 Å². The molecule has 0 spiro atoms. The van der Waals surface area contributed by atoms with Crippen LogP contribution in [0.25, 0.3) is 78.2 Å². The van der Waals surface area contributed by atoms with Crippen molar-refractivity contribution in [1.82, 2.24) is 19.9 Å². The second-order valence-corrected chi connectivity index (χ2v) is 12.7. The molecule has 0 atom stereocenters. The third kappa shape index (κ3) is 4.37. The molecule has 0 radical (unpaired) electrons. The van der Waals surface area contributed by atoms with Gasteiger partial charge in [0.2, 0.25) is 0 Å². The summed E-state index contributed by atoms with van der Waals surface area (Å²) in [4.78, 5) is 20.2. The number of rotatable bonds is 4. The van der Waals surface area contributed by atoms with Crippen LogP contribution >= 0.6 is 0 Å². The molecule has 1 aliphatic carbocycles. The quantitative estimate of drug-likeness (QED) is 0.188. The van der Waals surface area contributed by atoms with Gasteiger partial charge in [-0.25, -0.2) is 19.9 Å². The summed E-state index contributed by atoms with van der Waals surface area (Å²) in [7, 11) is 0. The Bertz CT molecular complexity index is 2430. The summed E-state index contributed by atoms with van der Waals surface area (Å²) in [5.74, 6) is 1.92. The van der Waals surface area contributed by atoms with Crippen molar-refractivity contribution < 1.29 is 0 Å². The minimum atomic E-state index is -0.152. The lowest BCUT2D eigenvalue weighted by Crippen LogP contribution is -2.15. The van der Waals surface area contributed by atoms with E-state index in [9.17, 15) is 0 Å². The van der Waals surface area contributed by atoms with Crippen LogP contribution in [0.15, 0.2) is 146 Å². The van der Waals surface area contributed by atoms with Gasteiger partial charge in [-0.15, -0.1) is 0 Å². The molecule has 0 saturated carbocycles. The predicted molar refractivity (Wildman–Crippen MR) is 192 cm³/mol. The molecule has 1 aliphatic rings. The van der Waals surface area contributed by atoms with Crippen molar-refractivity contribution in [3.05, 3.63) is 157 Å². The molecule has 47 heavy (non-hydrogen) atoms. The molecule has 222 valence electrons. The molecule has 4 nitrogen and oxygen atoms in total. The number of pyridine rings is 1. The lowest BCUT2D eigenvalue weighted by molar-refractivity contribution is 0.666. The van der Waals surface area contributed by atoms with E-state index >= 15 is 0 Å². The predicted octanol–water partition coefficient (Wildman–Crippen LogP) is 10.5. The minimum absolute atomic E-state index is 0.152. The molecule has 4 heteroatoms. The van der Waals surface area contributed by atoms with Gasteiger partial charge in [0, 0.05) is 38.4 Å². The molecule has 0 unspecified atom stereocenters. The maximum atomic E-state index is 5.31. The fourth-order valence-electron chi connectivity index (χ4n) is 7.28. The number of benzene rings is 6. The second-order valence-electron chi connectivity index (χ2n) is 12.7. The van der Waals surface area contributed by atoms with E-state index in [0.29, 0.717) is 17.5 Å². The van der Waals surface area contributed by atoms with Crippen molar-refractivity contribution in [2.45, 2.75) is 19.3 Å². The first kappa shape index (κ1) is 27.3. The number of aromatic nitrogens is 4. The molecule has 2 aromatic heterocycles. The smallest absolute Gasteiger partial charge is 0.164 e. The highest BCUT2D eigenvalue weighted by Gasteiger charge is 2.37. The Balaban J connectivity index is 1.27. The minimum Gasteiger partial charge on any atom is -0.247 e. The SMILES string of the molecule is CC1(C)c2ccccc2-c2ccc3c(-c4cccc(-c5nc(-c6ccccc6)nc(-c6ccccc6)n5)c4)nc4ccccc4c3c21. The number of hydrogen-bond acceptors (Lipinski definition) is 4. The maximum absolute atomic E-state index is 5.31. The fraction of sp³-hybridized carbons (Fsp3) is 0.0698. The van der Waals surface area contributed by atoms with Crippen molar-refractivity contribution in [2.24, 2.45) is 0 Å². The van der Waals surface area contributed by atoms with E-state index in [-0.39, 0.29) is 5.41 Å². The van der Waals surface area contributed by atoms with Gasteiger partial charge in [0.25, 0.3) is 0 Å². The lowest BCUT2D eigenvalue weighted by atomic mass is 9.79. The molecule has 0 fully saturated rings. The van der Waals surface area contributed by atoms with Gasteiger partial charge in [0.1, 0.15) is 0 Å². The van der Waals surface area contributed by atoms with Crippen molar-refractivity contribution in [3.63, 3.8) is 0 Å². The van der Waals surface area contributed by atoms with E-state index in [1.807, 2.05) is 60.7 Å². The van der Waals surface area contributed by atoms with Gasteiger partial charge in [0.05, 0.1) is 11.2 Å². The molecule has 0 saturated heterocycles. The highest BCUT2D eigenvalue weighted by atomic mass is 15.0. The molecule has 0 bridgehead atoms. The first-order chi connectivity index (χ1) is 23.1. The summed E-state index contributed by atoms with van der Waals surface area (Å²) in [6.07, 6.45) is 0. The van der Waals surface area contributed by atoms with Crippen LogP contribution in [-0.4, -0.2) is 19.9 Å². The molecule has 6 aromatic carbocycles. The van der Waals surface area contributed by atoms with Gasteiger partial charge in [-0.2, -0.15) is 0 Å². The molecular weight excluding hydrogens is 573 g/mol. The first-order valence-corrected chi connectivity index (χ1v) is 16.0. The summed E-state index contributed by atoms with van der Waals surface area (Å²) in [5.41, 5.74) is 11.0. The van der Waals surface area contributed by atoms with Gasteiger partial charge < -0.3 is 0 Å². The Morgan fingerprint density at radius 1 is 0.426 bits per heavy atom. The molecule has 0 N–H and O–H groups in total. The third-order valence-electron chi connectivity index (χ3n) is 9.48. The van der Waals surface area contributed by atoms with Crippen molar-refractivity contribution >= 4 is 21.7 Å². The van der Waals surface area contributed by atoms with Crippen LogP contribution in [0, 0.1) is 0 Å². The van der Waals surface area contributed by atoms with Crippen molar-refractivity contribution in [1.29, 1.82) is 0 Å². The van der Waals surface area contributed by atoms with E-state index in [4.69, 9.17) is 19.9 Å². The number of hydrogen-bond donors (Lipinski definition) is 0. The van der Waals surface area contributed by atoms with Gasteiger partial charge in [-0.05, 0) is 39.8 Å². The first-order valence-electron chi connectivity index (χ1n) is 16.0. The average molecular weight is 603 g/mol. The van der Waals surface area contributed by atoms with Gasteiger partial charge >= 0.3 is 0 Å². The molecule has 0 aliphatic heterocycles. The second kappa shape index (κ2) is 10.5. The highest BCUT2D eigenvalue weighted by Crippen LogP contribution is 2.53. The Hall–Kier alpha value is -6.00.